The molecule has 0 aromatic heterocycles. The molecule has 0 amide bonds. The van der Waals surface area contributed by atoms with E-state index in [-0.39, 0.29) is 0 Å². The molecule has 0 aromatic rings. The molecule has 2 N–H and O–H groups in total. The molecule has 2 atom stereocenters. The smallest absolute Gasteiger partial charge is 0.00483 e. The monoisotopic (exact) mass is 227 g/mol. The maximum atomic E-state index is 5.91. The molecule has 3 heteroatoms. The second-order valence-corrected chi connectivity index (χ2v) is 5.84. The van der Waals surface area contributed by atoms with Crippen LogP contribution in [0, 0.1) is 11.8 Å². The molecule has 1 saturated heterocycles. The van der Waals surface area contributed by atoms with Gasteiger partial charge in [-0.1, -0.05) is 6.92 Å². The Morgan fingerprint density at radius 2 is 1.81 bits per heavy atom. The molecule has 2 unspecified atom stereocenters. The van der Waals surface area contributed by atoms with Crippen molar-refractivity contribution in [1.29, 1.82) is 0 Å². The lowest BCUT2D eigenvalue weighted by Crippen LogP contribution is -2.42. The van der Waals surface area contributed by atoms with E-state index in [0.717, 1.165) is 5.92 Å². The molecule has 0 aromatic carbocycles. The lowest BCUT2D eigenvalue weighted by atomic mass is 9.95. The van der Waals surface area contributed by atoms with Gasteiger partial charge in [0.15, 0.2) is 0 Å². The van der Waals surface area contributed by atoms with Crippen molar-refractivity contribution in [2.24, 2.45) is 17.6 Å². The van der Waals surface area contributed by atoms with Crippen molar-refractivity contribution < 1.29 is 0 Å². The Morgan fingerprint density at radius 1 is 1.25 bits per heavy atom. The highest BCUT2D eigenvalue weighted by atomic mass is 15.1. The highest BCUT2D eigenvalue weighted by molar-refractivity contribution is 4.76. The molecule has 0 bridgehead atoms. The van der Waals surface area contributed by atoms with E-state index in [4.69, 9.17) is 5.73 Å². The van der Waals surface area contributed by atoms with Crippen molar-refractivity contribution in [1.82, 2.24) is 9.80 Å². The van der Waals surface area contributed by atoms with Crippen molar-refractivity contribution in [2.75, 3.05) is 40.3 Å². The largest absolute Gasteiger partial charge is 0.328 e. The number of hydrogen-bond donors (Lipinski definition) is 1. The van der Waals surface area contributed by atoms with Crippen LogP contribution in [0.25, 0.3) is 0 Å². The SMILES string of the molecule is CC(N)C(C)CN1CCC(CN(C)C)CC1. The Kier molecular flexibility index (Phi) is 5.73. The van der Waals surface area contributed by atoms with Gasteiger partial charge in [-0.15, -0.1) is 0 Å². The summed E-state index contributed by atoms with van der Waals surface area (Å²) in [7, 11) is 4.34. The molecular formula is C13H29N3. The molecule has 0 saturated carbocycles. The van der Waals surface area contributed by atoms with Gasteiger partial charge in [0.1, 0.15) is 0 Å². The zero-order valence-electron chi connectivity index (χ0n) is 11.4. The predicted octanol–water partition coefficient (Wildman–Crippen LogP) is 1.24. The van der Waals surface area contributed by atoms with Crippen LogP contribution in [0.4, 0.5) is 0 Å². The topological polar surface area (TPSA) is 32.5 Å². The molecule has 0 spiro atoms. The molecule has 96 valence electrons. The third-order valence-corrected chi connectivity index (χ3v) is 3.77. The second kappa shape index (κ2) is 6.58. The first-order valence-electron chi connectivity index (χ1n) is 6.61. The van der Waals surface area contributed by atoms with E-state index >= 15 is 0 Å². The van der Waals surface area contributed by atoms with Gasteiger partial charge in [-0.3, -0.25) is 0 Å². The lowest BCUT2D eigenvalue weighted by molar-refractivity contribution is 0.142. The van der Waals surface area contributed by atoms with Crippen LogP contribution in [-0.2, 0) is 0 Å². The summed E-state index contributed by atoms with van der Waals surface area (Å²) >= 11 is 0. The molecule has 0 radical (unpaired) electrons. The van der Waals surface area contributed by atoms with Gasteiger partial charge in [0.2, 0.25) is 0 Å². The van der Waals surface area contributed by atoms with E-state index < -0.39 is 0 Å². The first-order chi connectivity index (χ1) is 7.49. The van der Waals surface area contributed by atoms with Crippen LogP contribution in [-0.4, -0.2) is 56.1 Å². The summed E-state index contributed by atoms with van der Waals surface area (Å²) in [5, 5.41) is 0. The Hall–Kier alpha value is -0.120. The van der Waals surface area contributed by atoms with E-state index in [1.807, 2.05) is 0 Å². The fraction of sp³-hybridized carbons (Fsp3) is 1.00. The minimum absolute atomic E-state index is 0.319. The first-order valence-corrected chi connectivity index (χ1v) is 6.61. The number of nitrogens with two attached hydrogens (primary N) is 1. The Balaban J connectivity index is 2.21. The van der Waals surface area contributed by atoms with Crippen LogP contribution in [0.3, 0.4) is 0 Å². The number of rotatable bonds is 5. The van der Waals surface area contributed by atoms with Gasteiger partial charge in [-0.2, -0.15) is 0 Å². The van der Waals surface area contributed by atoms with Crippen molar-refractivity contribution in [3.05, 3.63) is 0 Å². The van der Waals surface area contributed by atoms with Gasteiger partial charge in [0.05, 0.1) is 0 Å². The summed E-state index contributed by atoms with van der Waals surface area (Å²) in [5.41, 5.74) is 5.91. The predicted molar refractivity (Wildman–Crippen MR) is 70.5 cm³/mol. The van der Waals surface area contributed by atoms with Crippen molar-refractivity contribution >= 4 is 0 Å². The summed E-state index contributed by atoms with van der Waals surface area (Å²) in [6.07, 6.45) is 2.70. The zero-order valence-corrected chi connectivity index (χ0v) is 11.4. The Bertz CT molecular complexity index is 184. The van der Waals surface area contributed by atoms with Crippen LogP contribution in [0.5, 0.6) is 0 Å². The quantitative estimate of drug-likeness (QED) is 0.767. The average Bonchev–Trinajstić information content (AvgIpc) is 2.20. The second-order valence-electron chi connectivity index (χ2n) is 5.84. The van der Waals surface area contributed by atoms with Crippen LogP contribution >= 0.6 is 0 Å². The highest BCUT2D eigenvalue weighted by Crippen LogP contribution is 2.18. The number of hydrogen-bond acceptors (Lipinski definition) is 3. The summed E-state index contributed by atoms with van der Waals surface area (Å²) in [5.74, 6) is 1.52. The third kappa shape index (κ3) is 4.81. The fourth-order valence-corrected chi connectivity index (χ4v) is 2.44. The minimum atomic E-state index is 0.319. The summed E-state index contributed by atoms with van der Waals surface area (Å²) < 4.78 is 0. The summed E-state index contributed by atoms with van der Waals surface area (Å²) in [4.78, 5) is 4.89. The maximum absolute atomic E-state index is 5.91. The molecule has 1 aliphatic heterocycles. The van der Waals surface area contributed by atoms with Crippen LogP contribution in [0.1, 0.15) is 26.7 Å². The molecular weight excluding hydrogens is 198 g/mol. The van der Waals surface area contributed by atoms with Gasteiger partial charge in [-0.25, -0.2) is 0 Å². The molecule has 1 fully saturated rings. The normalized spacial score (nSPS) is 23.6. The number of likely N-dealkylation sites (tertiary alicyclic amines) is 1. The molecule has 1 rings (SSSR count). The highest BCUT2D eigenvalue weighted by Gasteiger charge is 2.21. The average molecular weight is 227 g/mol. The zero-order chi connectivity index (χ0) is 12.1. The van der Waals surface area contributed by atoms with Gasteiger partial charge < -0.3 is 15.5 Å². The van der Waals surface area contributed by atoms with E-state index in [1.54, 1.807) is 0 Å². The molecule has 1 aliphatic rings. The van der Waals surface area contributed by atoms with Gasteiger partial charge in [0, 0.05) is 19.1 Å². The minimum Gasteiger partial charge on any atom is -0.328 e. The van der Waals surface area contributed by atoms with E-state index in [0.29, 0.717) is 12.0 Å². The Morgan fingerprint density at radius 3 is 2.25 bits per heavy atom. The van der Waals surface area contributed by atoms with Crippen molar-refractivity contribution in [3.63, 3.8) is 0 Å². The van der Waals surface area contributed by atoms with Crippen molar-refractivity contribution in [3.8, 4) is 0 Å². The third-order valence-electron chi connectivity index (χ3n) is 3.77. The Labute approximate surface area is 101 Å². The van der Waals surface area contributed by atoms with Crippen LogP contribution in [0.2, 0.25) is 0 Å². The molecule has 16 heavy (non-hydrogen) atoms. The van der Waals surface area contributed by atoms with Gasteiger partial charge in [0.25, 0.3) is 0 Å². The lowest BCUT2D eigenvalue weighted by Gasteiger charge is -2.35. The molecule has 1 heterocycles. The van der Waals surface area contributed by atoms with Crippen molar-refractivity contribution in [2.45, 2.75) is 32.7 Å². The first kappa shape index (κ1) is 13.9. The maximum Gasteiger partial charge on any atom is 0.00483 e. The number of piperidine rings is 1. The summed E-state index contributed by atoms with van der Waals surface area (Å²) in [6.45, 7) is 9.31. The van der Waals surface area contributed by atoms with E-state index in [2.05, 4.69) is 37.7 Å². The van der Waals surface area contributed by atoms with Crippen LogP contribution < -0.4 is 5.73 Å². The van der Waals surface area contributed by atoms with Gasteiger partial charge in [-0.05, 0) is 58.8 Å². The van der Waals surface area contributed by atoms with Crippen LogP contribution in [0.15, 0.2) is 0 Å². The molecule has 0 aliphatic carbocycles. The van der Waals surface area contributed by atoms with E-state index in [1.165, 1.54) is 39.0 Å². The number of nitrogens with zero attached hydrogens (tertiary/aromatic N) is 2. The van der Waals surface area contributed by atoms with E-state index in [9.17, 15) is 0 Å². The van der Waals surface area contributed by atoms with Gasteiger partial charge >= 0.3 is 0 Å². The fourth-order valence-electron chi connectivity index (χ4n) is 2.44. The molecule has 3 nitrogen and oxygen atoms in total. The standard InChI is InChI=1S/C13H29N3/c1-11(12(2)14)9-16-7-5-13(6-8-16)10-15(3)4/h11-13H,5-10,14H2,1-4H3. The summed E-state index contributed by atoms with van der Waals surface area (Å²) in [6, 6.07) is 0.319.